The molecule has 55 heavy (non-hydrogen) atoms. The zero-order chi connectivity index (χ0) is 36.7. The topological polar surface area (TPSA) is 69.6 Å². The number of nitrogens with zero attached hydrogens (tertiary/aromatic N) is 5. The fourth-order valence-electron chi connectivity index (χ4n) is 8.68. The first kappa shape index (κ1) is 31.6. The number of aromatic nitrogens is 5. The molecule has 0 bridgehead atoms. The summed E-state index contributed by atoms with van der Waals surface area (Å²) in [7, 11) is 0. The van der Waals surface area contributed by atoms with Crippen molar-refractivity contribution in [3.8, 4) is 50.7 Å². The molecule has 2 aliphatic carbocycles. The second-order valence-corrected chi connectivity index (χ2v) is 15.0. The highest BCUT2D eigenvalue weighted by atomic mass is 16.3. The smallest absolute Gasteiger partial charge is 0.182 e. The van der Waals surface area contributed by atoms with Crippen LogP contribution in [-0.4, -0.2) is 24.5 Å². The maximum Gasteiger partial charge on any atom is 0.182 e. The average molecular weight is 710 g/mol. The van der Waals surface area contributed by atoms with Crippen LogP contribution in [-0.2, 0) is 5.41 Å². The van der Waals surface area contributed by atoms with Crippen molar-refractivity contribution in [1.82, 2.24) is 24.5 Å². The van der Waals surface area contributed by atoms with Gasteiger partial charge in [0.15, 0.2) is 29.4 Å². The van der Waals surface area contributed by atoms with E-state index in [0.29, 0.717) is 17.5 Å². The second-order valence-electron chi connectivity index (χ2n) is 15.0. The number of hydrogen-bond donors (Lipinski definition) is 0. The van der Waals surface area contributed by atoms with Crippen molar-refractivity contribution in [2.24, 2.45) is 0 Å². The van der Waals surface area contributed by atoms with Gasteiger partial charge in [-0.25, -0.2) is 19.9 Å². The summed E-state index contributed by atoms with van der Waals surface area (Å²) >= 11 is 0. The Kier molecular flexibility index (Phi) is 6.92. The molecule has 3 aromatic heterocycles. The number of oxazole rings is 1. The lowest BCUT2D eigenvalue weighted by Gasteiger charge is -2.21. The van der Waals surface area contributed by atoms with Crippen molar-refractivity contribution in [3.63, 3.8) is 0 Å². The fourth-order valence-corrected chi connectivity index (χ4v) is 8.68. The van der Waals surface area contributed by atoms with E-state index in [1.165, 1.54) is 38.6 Å². The lowest BCUT2D eigenvalue weighted by Crippen LogP contribution is -2.14. The van der Waals surface area contributed by atoms with Gasteiger partial charge < -0.3 is 8.98 Å². The number of fused-ring (bicyclic) bond motifs is 8. The number of benzene rings is 6. The van der Waals surface area contributed by atoms with E-state index in [9.17, 15) is 0 Å². The summed E-state index contributed by atoms with van der Waals surface area (Å²) in [5, 5.41) is 2.40. The zero-order valence-corrected chi connectivity index (χ0v) is 30.5. The van der Waals surface area contributed by atoms with Crippen LogP contribution in [0.5, 0.6) is 0 Å². The van der Waals surface area contributed by atoms with Crippen molar-refractivity contribution in [3.05, 3.63) is 169 Å². The van der Waals surface area contributed by atoms with Gasteiger partial charge in [-0.1, -0.05) is 117 Å². The highest BCUT2D eigenvalue weighted by Crippen LogP contribution is 2.52. The quantitative estimate of drug-likeness (QED) is 0.178. The molecule has 6 nitrogen and oxygen atoms in total. The lowest BCUT2D eigenvalue weighted by atomic mass is 9.82. The molecule has 2 aliphatic rings. The standard InChI is InChI=1S/C49H35N5O/c1-49(2)39-22-20-32(28-38(39)44-40(49)23-24-41-45(44)55-29-50-41)33-21-25-43-37(27-33)36-18-9-10-19-42(36)54(43)35-17-11-16-34(26-35)48-52-46(30-12-5-3-6-13-30)51-47(53-48)31-14-7-4-8-15-31/h3,5-7,9-29H,4,8H2,1-2H3. The number of rotatable bonds is 5. The van der Waals surface area contributed by atoms with E-state index in [-0.39, 0.29) is 5.41 Å². The molecule has 6 heteroatoms. The van der Waals surface area contributed by atoms with Crippen molar-refractivity contribution in [2.45, 2.75) is 32.1 Å². The third-order valence-electron chi connectivity index (χ3n) is 11.4. The maximum absolute atomic E-state index is 5.97. The molecule has 262 valence electrons. The Morgan fingerprint density at radius 1 is 0.600 bits per heavy atom. The average Bonchev–Trinajstić information content (AvgIpc) is 3.92. The minimum absolute atomic E-state index is 0.133. The van der Waals surface area contributed by atoms with Crippen LogP contribution >= 0.6 is 0 Å². The van der Waals surface area contributed by atoms with Crippen molar-refractivity contribution < 1.29 is 4.42 Å². The molecule has 3 heterocycles. The van der Waals surface area contributed by atoms with Gasteiger partial charge in [0.1, 0.15) is 5.52 Å². The molecule has 0 spiro atoms. The van der Waals surface area contributed by atoms with E-state index in [1.807, 2.05) is 18.2 Å². The van der Waals surface area contributed by atoms with Gasteiger partial charge >= 0.3 is 0 Å². The molecule has 0 radical (unpaired) electrons. The molecule has 0 N–H and O–H groups in total. The van der Waals surface area contributed by atoms with Gasteiger partial charge in [0, 0.05) is 44.1 Å². The molecular weight excluding hydrogens is 675 g/mol. The third-order valence-corrected chi connectivity index (χ3v) is 11.4. The Labute approximate surface area is 318 Å². The van der Waals surface area contributed by atoms with E-state index in [1.54, 1.807) is 6.39 Å². The van der Waals surface area contributed by atoms with Gasteiger partial charge in [0.25, 0.3) is 0 Å². The zero-order valence-electron chi connectivity index (χ0n) is 30.5. The molecule has 11 rings (SSSR count). The van der Waals surface area contributed by atoms with Crippen LogP contribution in [0.1, 0.15) is 43.6 Å². The van der Waals surface area contributed by atoms with E-state index in [4.69, 9.17) is 19.4 Å². The van der Waals surface area contributed by atoms with E-state index < -0.39 is 0 Å². The van der Waals surface area contributed by atoms with Crippen LogP contribution in [0.4, 0.5) is 0 Å². The van der Waals surface area contributed by atoms with Crippen LogP contribution in [0, 0.1) is 0 Å². The van der Waals surface area contributed by atoms with Crippen LogP contribution in [0.3, 0.4) is 0 Å². The predicted octanol–water partition coefficient (Wildman–Crippen LogP) is 12.2. The summed E-state index contributed by atoms with van der Waals surface area (Å²) in [6.07, 6.45) is 10.1. The Morgan fingerprint density at radius 3 is 2.22 bits per heavy atom. The molecule has 0 amide bonds. The first-order valence-electron chi connectivity index (χ1n) is 18.9. The van der Waals surface area contributed by atoms with Crippen LogP contribution in [0.25, 0.3) is 89.2 Å². The third kappa shape index (κ3) is 4.95. The van der Waals surface area contributed by atoms with E-state index >= 15 is 0 Å². The molecule has 0 unspecified atom stereocenters. The van der Waals surface area contributed by atoms with Gasteiger partial charge in [0.2, 0.25) is 0 Å². The molecule has 0 atom stereocenters. The Bertz CT molecular complexity index is 3070. The van der Waals surface area contributed by atoms with Gasteiger partial charge in [-0.3, -0.25) is 0 Å². The summed E-state index contributed by atoms with van der Waals surface area (Å²) in [6, 6.07) is 45.4. The van der Waals surface area contributed by atoms with Gasteiger partial charge in [-0.05, 0) is 83.1 Å². The summed E-state index contributed by atoms with van der Waals surface area (Å²) < 4.78 is 8.33. The van der Waals surface area contributed by atoms with Gasteiger partial charge in [-0.15, -0.1) is 0 Å². The van der Waals surface area contributed by atoms with Crippen molar-refractivity contribution in [2.75, 3.05) is 0 Å². The van der Waals surface area contributed by atoms with Crippen LogP contribution in [0.2, 0.25) is 0 Å². The van der Waals surface area contributed by atoms with Gasteiger partial charge in [0.05, 0.1) is 11.0 Å². The second kappa shape index (κ2) is 12.1. The predicted molar refractivity (Wildman–Crippen MR) is 222 cm³/mol. The van der Waals surface area contributed by atoms with Crippen LogP contribution < -0.4 is 0 Å². The normalized spacial score (nSPS) is 14.4. The Balaban J connectivity index is 1.04. The fraction of sp³-hybridized carbons (Fsp3) is 0.102. The largest absolute Gasteiger partial charge is 0.443 e. The highest BCUT2D eigenvalue weighted by Gasteiger charge is 2.37. The molecule has 0 aliphatic heterocycles. The Morgan fingerprint density at radius 2 is 1.35 bits per heavy atom. The summed E-state index contributed by atoms with van der Waals surface area (Å²) in [4.78, 5) is 19.5. The number of para-hydroxylation sites is 1. The summed E-state index contributed by atoms with van der Waals surface area (Å²) in [6.45, 7) is 4.59. The Hall–Kier alpha value is -6.92. The molecule has 9 aromatic rings. The molecule has 6 aromatic carbocycles. The first-order valence-corrected chi connectivity index (χ1v) is 18.9. The molecular formula is C49H35N5O. The first-order chi connectivity index (χ1) is 27.0. The maximum atomic E-state index is 5.97. The lowest BCUT2D eigenvalue weighted by molar-refractivity contribution is 0.601. The minimum atomic E-state index is -0.133. The minimum Gasteiger partial charge on any atom is -0.443 e. The summed E-state index contributed by atoms with van der Waals surface area (Å²) in [5.41, 5.74) is 15.1. The SMILES string of the molecule is CC1(C)c2ccc(-c3ccc4c(c3)c3ccccc3n4-c3cccc(-c4nc(C5=CCCC=C5)nc(-c5ccccc5)n4)c3)cc2-c2c1ccc1ncoc21. The summed E-state index contributed by atoms with van der Waals surface area (Å²) in [5.74, 6) is 2.01. The highest BCUT2D eigenvalue weighted by molar-refractivity contribution is 6.10. The van der Waals surface area contributed by atoms with Gasteiger partial charge in [-0.2, -0.15) is 0 Å². The molecule has 0 saturated carbocycles. The van der Waals surface area contributed by atoms with Crippen molar-refractivity contribution in [1.29, 1.82) is 0 Å². The van der Waals surface area contributed by atoms with Crippen LogP contribution in [0.15, 0.2) is 156 Å². The van der Waals surface area contributed by atoms with E-state index in [0.717, 1.165) is 62.9 Å². The monoisotopic (exact) mass is 709 g/mol. The van der Waals surface area contributed by atoms with Crippen molar-refractivity contribution >= 4 is 38.5 Å². The van der Waals surface area contributed by atoms with E-state index in [2.05, 4.69) is 151 Å². The molecule has 0 saturated heterocycles. The number of hydrogen-bond acceptors (Lipinski definition) is 5. The number of allylic oxidation sites excluding steroid dienone is 4. The molecule has 0 fully saturated rings.